The summed E-state index contributed by atoms with van der Waals surface area (Å²) in [6, 6.07) is 8.38. The Morgan fingerprint density at radius 3 is 3.14 bits per heavy atom. The second-order valence-electron chi connectivity index (χ2n) is 3.34. The third kappa shape index (κ3) is 2.75. The Bertz CT molecular complexity index is 295. The van der Waals surface area contributed by atoms with Crippen molar-refractivity contribution in [3.63, 3.8) is 0 Å². The second-order valence-corrected chi connectivity index (χ2v) is 5.42. The molecule has 0 aromatic heterocycles. The van der Waals surface area contributed by atoms with Crippen molar-refractivity contribution < 1.29 is 4.74 Å². The van der Waals surface area contributed by atoms with Gasteiger partial charge in [0.1, 0.15) is 5.44 Å². The summed E-state index contributed by atoms with van der Waals surface area (Å²) < 4.78 is 6.91. The van der Waals surface area contributed by atoms with Crippen molar-refractivity contribution in [3.05, 3.63) is 34.3 Å². The first-order valence-electron chi connectivity index (χ1n) is 4.85. The standard InChI is InChI=1S/C11H13BrOS/c12-10-5-3-4-9(8-10)11-13-6-1-2-7-14-11/h3-5,8,11H,1-2,6-7H2. The summed E-state index contributed by atoms with van der Waals surface area (Å²) in [7, 11) is 0. The quantitative estimate of drug-likeness (QED) is 0.765. The van der Waals surface area contributed by atoms with Gasteiger partial charge in [-0.15, -0.1) is 11.8 Å². The van der Waals surface area contributed by atoms with Gasteiger partial charge in [-0.3, -0.25) is 0 Å². The minimum Gasteiger partial charge on any atom is -0.363 e. The molecule has 0 saturated carbocycles. The van der Waals surface area contributed by atoms with E-state index in [1.54, 1.807) is 0 Å². The molecule has 1 aromatic carbocycles. The van der Waals surface area contributed by atoms with Crippen LogP contribution in [0.2, 0.25) is 0 Å². The largest absolute Gasteiger partial charge is 0.363 e. The van der Waals surface area contributed by atoms with E-state index in [-0.39, 0.29) is 5.44 Å². The van der Waals surface area contributed by atoms with E-state index in [1.807, 2.05) is 17.8 Å². The number of ether oxygens (including phenoxy) is 1. The van der Waals surface area contributed by atoms with Gasteiger partial charge < -0.3 is 4.74 Å². The average Bonchev–Trinajstić information content (AvgIpc) is 2.45. The molecule has 0 aliphatic carbocycles. The van der Waals surface area contributed by atoms with Gasteiger partial charge in [-0.2, -0.15) is 0 Å². The van der Waals surface area contributed by atoms with Crippen molar-refractivity contribution in [1.29, 1.82) is 0 Å². The number of halogens is 1. The minimum atomic E-state index is 0.231. The van der Waals surface area contributed by atoms with Crippen LogP contribution in [0.15, 0.2) is 28.7 Å². The topological polar surface area (TPSA) is 9.23 Å². The molecule has 0 bridgehead atoms. The Labute approximate surface area is 97.4 Å². The lowest BCUT2D eigenvalue weighted by Gasteiger charge is -2.14. The molecule has 0 amide bonds. The molecule has 1 aliphatic rings. The molecule has 0 radical (unpaired) electrons. The smallest absolute Gasteiger partial charge is 0.128 e. The average molecular weight is 273 g/mol. The number of benzene rings is 1. The van der Waals surface area contributed by atoms with Crippen molar-refractivity contribution in [1.82, 2.24) is 0 Å². The Kier molecular flexibility index (Phi) is 3.90. The first-order valence-corrected chi connectivity index (χ1v) is 6.69. The normalized spacial score (nSPS) is 23.1. The van der Waals surface area contributed by atoms with Crippen LogP contribution >= 0.6 is 27.7 Å². The molecule has 1 atom stereocenters. The maximum atomic E-state index is 5.79. The summed E-state index contributed by atoms with van der Waals surface area (Å²) in [5, 5.41) is 0. The van der Waals surface area contributed by atoms with Gasteiger partial charge in [-0.05, 0) is 36.3 Å². The zero-order valence-electron chi connectivity index (χ0n) is 7.91. The van der Waals surface area contributed by atoms with E-state index < -0.39 is 0 Å². The summed E-state index contributed by atoms with van der Waals surface area (Å²) in [4.78, 5) is 0. The molecule has 14 heavy (non-hydrogen) atoms. The van der Waals surface area contributed by atoms with Crippen LogP contribution in [0, 0.1) is 0 Å². The van der Waals surface area contributed by atoms with Crippen molar-refractivity contribution in [2.75, 3.05) is 12.4 Å². The zero-order chi connectivity index (χ0) is 9.80. The van der Waals surface area contributed by atoms with Crippen LogP contribution in [0.25, 0.3) is 0 Å². The number of hydrogen-bond acceptors (Lipinski definition) is 2. The van der Waals surface area contributed by atoms with Gasteiger partial charge in [0.15, 0.2) is 0 Å². The van der Waals surface area contributed by atoms with E-state index in [1.165, 1.54) is 24.2 Å². The maximum absolute atomic E-state index is 5.79. The highest BCUT2D eigenvalue weighted by Gasteiger charge is 2.14. The Hall–Kier alpha value is 0.01000. The van der Waals surface area contributed by atoms with Crippen LogP contribution in [0.5, 0.6) is 0 Å². The van der Waals surface area contributed by atoms with E-state index in [4.69, 9.17) is 4.74 Å². The molecule has 1 aliphatic heterocycles. The van der Waals surface area contributed by atoms with Gasteiger partial charge >= 0.3 is 0 Å². The fourth-order valence-corrected chi connectivity index (χ4v) is 3.01. The molecule has 1 saturated heterocycles. The van der Waals surface area contributed by atoms with Gasteiger partial charge in [-0.1, -0.05) is 28.1 Å². The lowest BCUT2D eigenvalue weighted by Crippen LogP contribution is -1.99. The summed E-state index contributed by atoms with van der Waals surface area (Å²) in [6.45, 7) is 0.893. The fraction of sp³-hybridized carbons (Fsp3) is 0.455. The van der Waals surface area contributed by atoms with Crippen LogP contribution in [-0.4, -0.2) is 12.4 Å². The van der Waals surface area contributed by atoms with Gasteiger partial charge in [0.05, 0.1) is 0 Å². The minimum absolute atomic E-state index is 0.231. The third-order valence-corrected chi connectivity index (χ3v) is 3.93. The van der Waals surface area contributed by atoms with E-state index in [9.17, 15) is 0 Å². The predicted octanol–water partition coefficient (Wildman–Crippen LogP) is 3.99. The van der Waals surface area contributed by atoms with Crippen LogP contribution in [-0.2, 0) is 4.74 Å². The molecule has 0 spiro atoms. The molecular weight excluding hydrogens is 260 g/mol. The predicted molar refractivity (Wildman–Crippen MR) is 64.5 cm³/mol. The lowest BCUT2D eigenvalue weighted by atomic mass is 10.2. The van der Waals surface area contributed by atoms with E-state index in [0.29, 0.717) is 0 Å². The van der Waals surface area contributed by atoms with Gasteiger partial charge in [-0.25, -0.2) is 0 Å². The Morgan fingerprint density at radius 1 is 1.36 bits per heavy atom. The third-order valence-electron chi connectivity index (χ3n) is 2.20. The Morgan fingerprint density at radius 2 is 2.29 bits per heavy atom. The van der Waals surface area contributed by atoms with Gasteiger partial charge in [0.2, 0.25) is 0 Å². The van der Waals surface area contributed by atoms with Crippen LogP contribution in [0.1, 0.15) is 23.8 Å². The van der Waals surface area contributed by atoms with Crippen LogP contribution in [0.4, 0.5) is 0 Å². The monoisotopic (exact) mass is 272 g/mol. The molecule has 1 nitrogen and oxygen atoms in total. The fourth-order valence-electron chi connectivity index (χ4n) is 1.48. The second kappa shape index (κ2) is 5.19. The van der Waals surface area contributed by atoms with Gasteiger partial charge in [0.25, 0.3) is 0 Å². The molecule has 2 rings (SSSR count). The van der Waals surface area contributed by atoms with Crippen LogP contribution < -0.4 is 0 Å². The van der Waals surface area contributed by atoms with Crippen molar-refractivity contribution in [2.24, 2.45) is 0 Å². The SMILES string of the molecule is Brc1cccc(C2OCCCCS2)c1. The highest BCUT2D eigenvalue weighted by Crippen LogP contribution is 2.34. The Balaban J connectivity index is 2.12. The van der Waals surface area contributed by atoms with E-state index in [0.717, 1.165) is 11.1 Å². The molecule has 1 aromatic rings. The number of hydrogen-bond donors (Lipinski definition) is 0. The lowest BCUT2D eigenvalue weighted by molar-refractivity contribution is 0.115. The summed E-state index contributed by atoms with van der Waals surface area (Å²) in [5.74, 6) is 1.21. The summed E-state index contributed by atoms with van der Waals surface area (Å²) >= 11 is 5.39. The summed E-state index contributed by atoms with van der Waals surface area (Å²) in [5.41, 5.74) is 1.50. The molecule has 1 unspecified atom stereocenters. The van der Waals surface area contributed by atoms with E-state index >= 15 is 0 Å². The molecular formula is C11H13BrOS. The highest BCUT2D eigenvalue weighted by atomic mass is 79.9. The first-order chi connectivity index (χ1) is 6.86. The van der Waals surface area contributed by atoms with Crippen molar-refractivity contribution in [3.8, 4) is 0 Å². The number of rotatable bonds is 1. The van der Waals surface area contributed by atoms with E-state index in [2.05, 4.69) is 34.1 Å². The summed E-state index contributed by atoms with van der Waals surface area (Å²) in [6.07, 6.45) is 2.46. The van der Waals surface area contributed by atoms with Crippen molar-refractivity contribution >= 4 is 27.7 Å². The maximum Gasteiger partial charge on any atom is 0.128 e. The molecule has 76 valence electrons. The number of thioether (sulfide) groups is 1. The molecule has 0 N–H and O–H groups in total. The zero-order valence-corrected chi connectivity index (χ0v) is 10.3. The molecule has 1 fully saturated rings. The molecule has 1 heterocycles. The highest BCUT2D eigenvalue weighted by molar-refractivity contribution is 9.10. The molecule has 3 heteroatoms. The first kappa shape index (κ1) is 10.5. The van der Waals surface area contributed by atoms with Crippen LogP contribution in [0.3, 0.4) is 0 Å². The van der Waals surface area contributed by atoms with Gasteiger partial charge in [0, 0.05) is 11.1 Å². The van der Waals surface area contributed by atoms with Crippen molar-refractivity contribution in [2.45, 2.75) is 18.3 Å².